The molecule has 2 N–H and O–H groups in total. The molecule has 0 aromatic heterocycles. The van der Waals surface area contributed by atoms with Gasteiger partial charge < -0.3 is 20.1 Å². The number of halogens is 3. The fraction of sp³-hybridized carbons (Fsp3) is 0.611. The molecule has 154 valence electrons. The molecule has 6 nitrogen and oxygen atoms in total. The summed E-state index contributed by atoms with van der Waals surface area (Å²) in [7, 11) is 1.46. The van der Waals surface area contributed by atoms with E-state index in [0.717, 1.165) is 18.7 Å². The number of piperazine rings is 1. The number of rotatable bonds is 4. The summed E-state index contributed by atoms with van der Waals surface area (Å²) in [5, 5.41) is 0. The highest BCUT2D eigenvalue weighted by Gasteiger charge is 2.39. The minimum absolute atomic E-state index is 0. The minimum Gasteiger partial charge on any atom is -0.494 e. The van der Waals surface area contributed by atoms with Crippen molar-refractivity contribution in [1.29, 1.82) is 0 Å². The summed E-state index contributed by atoms with van der Waals surface area (Å²) in [6.07, 6.45) is 1.16. The molecule has 9 heteroatoms. The molecule has 1 aromatic rings. The maximum atomic E-state index is 13.8. The molecule has 2 fully saturated rings. The molecule has 0 unspecified atom stereocenters. The van der Waals surface area contributed by atoms with Crippen molar-refractivity contribution in [3.05, 3.63) is 29.6 Å². The second kappa shape index (κ2) is 10.4. The van der Waals surface area contributed by atoms with Crippen molar-refractivity contribution in [2.75, 3.05) is 46.5 Å². The van der Waals surface area contributed by atoms with Gasteiger partial charge >= 0.3 is 0 Å². The Morgan fingerprint density at radius 2 is 1.85 bits per heavy atom. The highest BCUT2D eigenvalue weighted by molar-refractivity contribution is 5.86. The number of nitrogens with two attached hydrogens (primary N) is 1. The molecule has 1 amide bonds. The monoisotopic (exact) mass is 423 g/mol. The van der Waals surface area contributed by atoms with Gasteiger partial charge in [0.2, 0.25) is 5.91 Å². The number of amides is 1. The zero-order valence-corrected chi connectivity index (χ0v) is 17.1. The number of hydrogen-bond acceptors (Lipinski definition) is 5. The Labute approximate surface area is 172 Å². The number of ether oxygens (including phenoxy) is 2. The normalized spacial score (nSPS) is 19.6. The summed E-state index contributed by atoms with van der Waals surface area (Å²) >= 11 is 0. The highest BCUT2D eigenvalue weighted by Crippen LogP contribution is 2.22. The molecule has 2 saturated heterocycles. The van der Waals surface area contributed by atoms with Gasteiger partial charge in [-0.05, 0) is 30.5 Å². The fourth-order valence-corrected chi connectivity index (χ4v) is 3.44. The largest absolute Gasteiger partial charge is 0.494 e. The Morgan fingerprint density at radius 1 is 1.22 bits per heavy atom. The van der Waals surface area contributed by atoms with Gasteiger partial charge in [-0.3, -0.25) is 9.69 Å². The van der Waals surface area contributed by atoms with Crippen LogP contribution < -0.4 is 10.5 Å². The Kier molecular flexibility index (Phi) is 9.24. The van der Waals surface area contributed by atoms with Crippen molar-refractivity contribution in [3.63, 3.8) is 0 Å². The molecule has 2 aliphatic heterocycles. The second-order valence-electron chi connectivity index (χ2n) is 6.81. The standard InChI is InChI=1S/C18H26FN3O3.2ClH/c1-24-16-3-2-14(12-15(16)19)13-21-6-8-22(9-7-21)17(23)18(20)4-10-25-11-5-18;;/h2-3,12H,4-11,13,20H2,1H3;2*1H. The third-order valence-corrected chi connectivity index (χ3v) is 5.09. The predicted molar refractivity (Wildman–Crippen MR) is 106 cm³/mol. The van der Waals surface area contributed by atoms with Crippen LogP contribution >= 0.6 is 24.8 Å². The van der Waals surface area contributed by atoms with Crippen LogP contribution in [-0.2, 0) is 16.1 Å². The van der Waals surface area contributed by atoms with Gasteiger partial charge in [0.1, 0.15) is 0 Å². The molecular formula is C18H28Cl2FN3O3. The summed E-state index contributed by atoms with van der Waals surface area (Å²) in [6, 6.07) is 5.03. The van der Waals surface area contributed by atoms with Gasteiger partial charge in [-0.1, -0.05) is 6.07 Å². The van der Waals surface area contributed by atoms with Crippen molar-refractivity contribution in [2.45, 2.75) is 24.9 Å². The first-order valence-corrected chi connectivity index (χ1v) is 8.72. The lowest BCUT2D eigenvalue weighted by molar-refractivity contribution is -0.142. The van der Waals surface area contributed by atoms with Crippen molar-refractivity contribution in [3.8, 4) is 5.75 Å². The molecule has 0 bridgehead atoms. The van der Waals surface area contributed by atoms with E-state index in [9.17, 15) is 9.18 Å². The molecule has 27 heavy (non-hydrogen) atoms. The van der Waals surface area contributed by atoms with Crippen molar-refractivity contribution in [1.82, 2.24) is 9.80 Å². The van der Waals surface area contributed by atoms with Crippen LogP contribution in [0.2, 0.25) is 0 Å². The molecule has 0 radical (unpaired) electrons. The predicted octanol–water partition coefficient (Wildman–Crippen LogP) is 1.83. The van der Waals surface area contributed by atoms with Gasteiger partial charge in [0.25, 0.3) is 0 Å². The Bertz CT molecular complexity index is 622. The SMILES string of the molecule is COc1ccc(CN2CCN(C(=O)C3(N)CCOCC3)CC2)cc1F.Cl.Cl. The molecule has 0 atom stereocenters. The number of carbonyl (C=O) groups is 1. The minimum atomic E-state index is -0.778. The summed E-state index contributed by atoms with van der Waals surface area (Å²) < 4.78 is 24.1. The van der Waals surface area contributed by atoms with Crippen LogP contribution in [0, 0.1) is 5.82 Å². The van der Waals surface area contributed by atoms with Crippen LogP contribution in [-0.4, -0.2) is 67.7 Å². The zero-order valence-electron chi connectivity index (χ0n) is 15.5. The van der Waals surface area contributed by atoms with E-state index in [2.05, 4.69) is 4.90 Å². The second-order valence-corrected chi connectivity index (χ2v) is 6.81. The lowest BCUT2D eigenvalue weighted by Gasteiger charge is -2.41. The Hall–Kier alpha value is -1.12. The van der Waals surface area contributed by atoms with E-state index < -0.39 is 5.54 Å². The van der Waals surface area contributed by atoms with E-state index in [-0.39, 0.29) is 42.3 Å². The highest BCUT2D eigenvalue weighted by atomic mass is 35.5. The van der Waals surface area contributed by atoms with Crippen LogP contribution in [0.3, 0.4) is 0 Å². The van der Waals surface area contributed by atoms with E-state index in [4.69, 9.17) is 15.2 Å². The van der Waals surface area contributed by atoms with Crippen molar-refractivity contribution < 1.29 is 18.7 Å². The Balaban J connectivity index is 0.00000182. The molecule has 2 aliphatic rings. The van der Waals surface area contributed by atoms with Gasteiger partial charge in [-0.15, -0.1) is 24.8 Å². The van der Waals surface area contributed by atoms with Crippen LogP contribution in [0.4, 0.5) is 4.39 Å². The van der Waals surface area contributed by atoms with Crippen LogP contribution in [0.1, 0.15) is 18.4 Å². The van der Waals surface area contributed by atoms with E-state index in [1.165, 1.54) is 13.2 Å². The van der Waals surface area contributed by atoms with Gasteiger partial charge in [0, 0.05) is 45.9 Å². The number of benzene rings is 1. The summed E-state index contributed by atoms with van der Waals surface area (Å²) in [5.41, 5.74) is 6.42. The van der Waals surface area contributed by atoms with Gasteiger partial charge in [-0.2, -0.15) is 0 Å². The van der Waals surface area contributed by atoms with Gasteiger partial charge in [0.15, 0.2) is 11.6 Å². The van der Waals surface area contributed by atoms with E-state index >= 15 is 0 Å². The van der Waals surface area contributed by atoms with Crippen molar-refractivity contribution in [2.24, 2.45) is 5.73 Å². The molecular weight excluding hydrogens is 396 g/mol. The summed E-state index contributed by atoms with van der Waals surface area (Å²) in [4.78, 5) is 16.8. The smallest absolute Gasteiger partial charge is 0.242 e. The number of nitrogens with zero attached hydrogens (tertiary/aromatic N) is 2. The number of hydrogen-bond donors (Lipinski definition) is 1. The van der Waals surface area contributed by atoms with Gasteiger partial charge in [0.05, 0.1) is 12.6 Å². The van der Waals surface area contributed by atoms with Crippen LogP contribution in [0.25, 0.3) is 0 Å². The molecule has 3 rings (SSSR count). The van der Waals surface area contributed by atoms with Gasteiger partial charge in [-0.25, -0.2) is 4.39 Å². The maximum absolute atomic E-state index is 13.8. The Morgan fingerprint density at radius 3 is 2.41 bits per heavy atom. The molecule has 0 saturated carbocycles. The average molecular weight is 424 g/mol. The third kappa shape index (κ3) is 5.68. The first-order valence-electron chi connectivity index (χ1n) is 8.72. The third-order valence-electron chi connectivity index (χ3n) is 5.09. The maximum Gasteiger partial charge on any atom is 0.242 e. The van der Waals surface area contributed by atoms with Crippen LogP contribution in [0.5, 0.6) is 5.75 Å². The van der Waals surface area contributed by atoms with Crippen molar-refractivity contribution >= 4 is 30.7 Å². The lowest BCUT2D eigenvalue weighted by Crippen LogP contribution is -2.61. The first-order chi connectivity index (χ1) is 12.0. The quantitative estimate of drug-likeness (QED) is 0.799. The van der Waals surface area contributed by atoms with E-state index in [0.29, 0.717) is 45.7 Å². The van der Waals surface area contributed by atoms with E-state index in [1.807, 2.05) is 11.0 Å². The topological polar surface area (TPSA) is 68.0 Å². The number of carbonyl (C=O) groups excluding carboxylic acids is 1. The molecule has 2 heterocycles. The molecule has 1 aromatic carbocycles. The lowest BCUT2D eigenvalue weighted by atomic mass is 9.89. The fourth-order valence-electron chi connectivity index (χ4n) is 3.44. The average Bonchev–Trinajstić information content (AvgIpc) is 2.62. The summed E-state index contributed by atoms with van der Waals surface area (Å²) in [6.45, 7) is 4.56. The molecule has 0 aliphatic carbocycles. The van der Waals surface area contributed by atoms with E-state index in [1.54, 1.807) is 6.07 Å². The summed E-state index contributed by atoms with van der Waals surface area (Å²) in [5.74, 6) is -0.0618. The zero-order chi connectivity index (χ0) is 17.9. The molecule has 0 spiro atoms. The number of methoxy groups -OCH3 is 1. The first kappa shape index (κ1) is 23.9. The van der Waals surface area contributed by atoms with Crippen LogP contribution in [0.15, 0.2) is 18.2 Å².